The SMILES string of the molecule is CN=C(NCCCOC(C)C)NCC1(CCOC)CCCC1. The van der Waals surface area contributed by atoms with Gasteiger partial charge in [-0.2, -0.15) is 0 Å². The van der Waals surface area contributed by atoms with Crippen LogP contribution in [0.5, 0.6) is 0 Å². The second kappa shape index (κ2) is 10.8. The van der Waals surface area contributed by atoms with Crippen molar-refractivity contribution < 1.29 is 9.47 Å². The summed E-state index contributed by atoms with van der Waals surface area (Å²) in [6.45, 7) is 7.64. The van der Waals surface area contributed by atoms with E-state index in [4.69, 9.17) is 9.47 Å². The largest absolute Gasteiger partial charge is 0.385 e. The molecule has 1 aliphatic rings. The molecule has 5 heteroatoms. The van der Waals surface area contributed by atoms with Gasteiger partial charge in [0, 0.05) is 40.5 Å². The lowest BCUT2D eigenvalue weighted by molar-refractivity contribution is 0.0776. The first kappa shape index (κ1) is 19.2. The van der Waals surface area contributed by atoms with Crippen molar-refractivity contribution in [3.63, 3.8) is 0 Å². The summed E-state index contributed by atoms with van der Waals surface area (Å²) in [4.78, 5) is 4.32. The highest BCUT2D eigenvalue weighted by Gasteiger charge is 2.33. The van der Waals surface area contributed by atoms with E-state index in [1.807, 2.05) is 7.05 Å². The summed E-state index contributed by atoms with van der Waals surface area (Å²) in [5.74, 6) is 0.897. The normalized spacial score (nSPS) is 18.0. The van der Waals surface area contributed by atoms with Crippen molar-refractivity contribution in [2.24, 2.45) is 10.4 Å². The van der Waals surface area contributed by atoms with E-state index in [-0.39, 0.29) is 0 Å². The molecule has 0 aromatic heterocycles. The Balaban J connectivity index is 2.26. The summed E-state index contributed by atoms with van der Waals surface area (Å²) in [6.07, 6.45) is 7.70. The Labute approximate surface area is 136 Å². The molecule has 0 aromatic carbocycles. The van der Waals surface area contributed by atoms with Crippen LogP contribution in [0.1, 0.15) is 52.4 Å². The van der Waals surface area contributed by atoms with E-state index in [1.54, 1.807) is 7.11 Å². The van der Waals surface area contributed by atoms with Crippen molar-refractivity contribution in [1.29, 1.82) is 0 Å². The maximum absolute atomic E-state index is 5.54. The van der Waals surface area contributed by atoms with Crippen LogP contribution in [0.15, 0.2) is 4.99 Å². The molecule has 1 saturated carbocycles. The quantitative estimate of drug-likeness (QED) is 0.370. The number of aliphatic imine (C=N–C) groups is 1. The van der Waals surface area contributed by atoms with Crippen LogP contribution in [0.3, 0.4) is 0 Å². The van der Waals surface area contributed by atoms with Gasteiger partial charge in [-0.05, 0) is 44.9 Å². The van der Waals surface area contributed by atoms with Gasteiger partial charge in [0.1, 0.15) is 0 Å². The summed E-state index contributed by atoms with van der Waals surface area (Å²) >= 11 is 0. The molecule has 0 bridgehead atoms. The number of hydrogen-bond donors (Lipinski definition) is 2. The van der Waals surface area contributed by atoms with Crippen molar-refractivity contribution in [3.8, 4) is 0 Å². The van der Waals surface area contributed by atoms with Gasteiger partial charge < -0.3 is 20.1 Å². The Kier molecular flexibility index (Phi) is 9.48. The van der Waals surface area contributed by atoms with Crippen LogP contribution in [0.25, 0.3) is 0 Å². The average molecular weight is 313 g/mol. The Bertz CT molecular complexity index is 313. The Morgan fingerprint density at radius 2 is 1.91 bits per heavy atom. The summed E-state index contributed by atoms with van der Waals surface area (Å²) in [6, 6.07) is 0. The molecule has 1 fully saturated rings. The van der Waals surface area contributed by atoms with Gasteiger partial charge in [-0.25, -0.2) is 0 Å². The van der Waals surface area contributed by atoms with E-state index in [9.17, 15) is 0 Å². The van der Waals surface area contributed by atoms with Gasteiger partial charge in [-0.3, -0.25) is 4.99 Å². The Morgan fingerprint density at radius 3 is 2.50 bits per heavy atom. The molecule has 0 atom stereocenters. The molecule has 22 heavy (non-hydrogen) atoms. The molecule has 0 saturated heterocycles. The third kappa shape index (κ3) is 7.45. The monoisotopic (exact) mass is 313 g/mol. The zero-order valence-electron chi connectivity index (χ0n) is 14.9. The van der Waals surface area contributed by atoms with Gasteiger partial charge in [-0.15, -0.1) is 0 Å². The highest BCUT2D eigenvalue weighted by atomic mass is 16.5. The molecule has 130 valence electrons. The molecule has 5 nitrogen and oxygen atoms in total. The number of hydrogen-bond acceptors (Lipinski definition) is 3. The lowest BCUT2D eigenvalue weighted by Gasteiger charge is -2.30. The Morgan fingerprint density at radius 1 is 1.18 bits per heavy atom. The van der Waals surface area contributed by atoms with Crippen molar-refractivity contribution in [3.05, 3.63) is 0 Å². The zero-order valence-corrected chi connectivity index (χ0v) is 14.9. The van der Waals surface area contributed by atoms with Crippen LogP contribution in [-0.4, -0.2) is 52.5 Å². The highest BCUT2D eigenvalue weighted by Crippen LogP contribution is 2.40. The first-order valence-corrected chi connectivity index (χ1v) is 8.67. The molecule has 0 aromatic rings. The lowest BCUT2D eigenvalue weighted by atomic mass is 9.83. The minimum atomic E-state index is 0.306. The molecule has 0 heterocycles. The molecular weight excluding hydrogens is 278 g/mol. The van der Waals surface area contributed by atoms with Crippen molar-refractivity contribution >= 4 is 5.96 Å². The molecule has 0 aliphatic heterocycles. The van der Waals surface area contributed by atoms with Gasteiger partial charge in [0.15, 0.2) is 5.96 Å². The van der Waals surface area contributed by atoms with E-state index in [2.05, 4.69) is 29.5 Å². The standard InChI is InChI=1S/C17H35N3O2/c1-15(2)22-12-7-11-19-16(18-3)20-14-17(10-13-21-4)8-5-6-9-17/h15H,5-14H2,1-4H3,(H2,18,19,20). The topological polar surface area (TPSA) is 54.9 Å². The molecule has 1 aliphatic carbocycles. The maximum atomic E-state index is 5.54. The van der Waals surface area contributed by atoms with Crippen molar-refractivity contribution in [2.75, 3.05) is 40.5 Å². The van der Waals surface area contributed by atoms with Crippen molar-refractivity contribution in [1.82, 2.24) is 10.6 Å². The molecule has 0 amide bonds. The minimum Gasteiger partial charge on any atom is -0.385 e. The fourth-order valence-corrected chi connectivity index (χ4v) is 3.05. The van der Waals surface area contributed by atoms with Gasteiger partial charge in [0.25, 0.3) is 0 Å². The number of nitrogens with one attached hydrogen (secondary N) is 2. The predicted molar refractivity (Wildman–Crippen MR) is 92.5 cm³/mol. The molecule has 0 unspecified atom stereocenters. The third-order valence-electron chi connectivity index (χ3n) is 4.42. The smallest absolute Gasteiger partial charge is 0.190 e. The van der Waals surface area contributed by atoms with Gasteiger partial charge in [0.2, 0.25) is 0 Å². The van der Waals surface area contributed by atoms with E-state index in [1.165, 1.54) is 25.7 Å². The fourth-order valence-electron chi connectivity index (χ4n) is 3.05. The second-order valence-electron chi connectivity index (χ2n) is 6.58. The second-order valence-corrected chi connectivity index (χ2v) is 6.58. The summed E-state index contributed by atoms with van der Waals surface area (Å²) in [7, 11) is 3.62. The van der Waals surface area contributed by atoms with E-state index in [0.29, 0.717) is 11.5 Å². The summed E-state index contributed by atoms with van der Waals surface area (Å²) in [5, 5.41) is 6.87. The molecule has 0 radical (unpaired) electrons. The van der Waals surface area contributed by atoms with Gasteiger partial charge in [0.05, 0.1) is 6.10 Å². The number of methoxy groups -OCH3 is 1. The zero-order chi connectivity index (χ0) is 16.3. The van der Waals surface area contributed by atoms with Gasteiger partial charge >= 0.3 is 0 Å². The number of ether oxygens (including phenoxy) is 2. The van der Waals surface area contributed by atoms with Crippen molar-refractivity contribution in [2.45, 2.75) is 58.5 Å². The number of rotatable bonds is 10. The Hall–Kier alpha value is -0.810. The number of nitrogens with zero attached hydrogens (tertiary/aromatic N) is 1. The maximum Gasteiger partial charge on any atom is 0.190 e. The van der Waals surface area contributed by atoms with Crippen LogP contribution in [0.4, 0.5) is 0 Å². The minimum absolute atomic E-state index is 0.306. The average Bonchev–Trinajstić information content (AvgIpc) is 2.97. The molecular formula is C17H35N3O2. The van der Waals surface area contributed by atoms with E-state index in [0.717, 1.165) is 45.1 Å². The van der Waals surface area contributed by atoms with E-state index < -0.39 is 0 Å². The van der Waals surface area contributed by atoms with Crippen LogP contribution >= 0.6 is 0 Å². The number of guanidine groups is 1. The first-order valence-electron chi connectivity index (χ1n) is 8.67. The van der Waals surface area contributed by atoms with Crippen LogP contribution in [-0.2, 0) is 9.47 Å². The van der Waals surface area contributed by atoms with E-state index >= 15 is 0 Å². The third-order valence-corrected chi connectivity index (χ3v) is 4.42. The summed E-state index contributed by atoms with van der Waals surface area (Å²) < 4.78 is 10.8. The molecule has 2 N–H and O–H groups in total. The van der Waals surface area contributed by atoms with Crippen LogP contribution in [0, 0.1) is 5.41 Å². The molecule has 0 spiro atoms. The summed E-state index contributed by atoms with van der Waals surface area (Å²) in [5.41, 5.74) is 0.383. The fraction of sp³-hybridized carbons (Fsp3) is 0.941. The van der Waals surface area contributed by atoms with Crippen LogP contribution < -0.4 is 10.6 Å². The highest BCUT2D eigenvalue weighted by molar-refractivity contribution is 5.79. The van der Waals surface area contributed by atoms with Crippen LogP contribution in [0.2, 0.25) is 0 Å². The predicted octanol–water partition coefficient (Wildman–Crippen LogP) is 2.56. The lowest BCUT2D eigenvalue weighted by Crippen LogP contribution is -2.43. The first-order chi connectivity index (χ1) is 10.6. The molecule has 1 rings (SSSR count). The van der Waals surface area contributed by atoms with Gasteiger partial charge in [-0.1, -0.05) is 12.8 Å².